The van der Waals surface area contributed by atoms with Gasteiger partial charge in [0.1, 0.15) is 0 Å². The zero-order chi connectivity index (χ0) is 9.35. The van der Waals surface area contributed by atoms with Crippen molar-refractivity contribution in [3.05, 3.63) is 33.1 Å². The molecule has 0 aliphatic carbocycles. The Hall–Kier alpha value is -1.41. The number of nitrogens with zero attached hydrogens (tertiary/aromatic N) is 1. The van der Waals surface area contributed by atoms with Gasteiger partial charge >= 0.3 is 16.0 Å². The predicted molar refractivity (Wildman–Crippen MR) is 38.3 cm³/mol. The first-order valence-corrected chi connectivity index (χ1v) is 4.11. The van der Waals surface area contributed by atoms with Crippen LogP contribution in [0, 0.1) is 0 Å². The van der Waals surface area contributed by atoms with Gasteiger partial charge in [0, 0.05) is 12.3 Å². The SMILES string of the molecule is O=c1ccn(S(=O)(=O)O)c(=O)[nH]1. The van der Waals surface area contributed by atoms with Gasteiger partial charge in [-0.25, -0.2) is 4.79 Å². The Balaban J connectivity index is 3.61. The Labute approximate surface area is 66.2 Å². The molecule has 66 valence electrons. The highest BCUT2D eigenvalue weighted by Crippen LogP contribution is 1.81. The Morgan fingerprint density at radius 2 is 2.00 bits per heavy atom. The molecule has 0 aromatic carbocycles. The molecule has 0 saturated carbocycles. The maximum absolute atomic E-state index is 10.7. The van der Waals surface area contributed by atoms with Crippen LogP contribution in [0.25, 0.3) is 0 Å². The lowest BCUT2D eigenvalue weighted by molar-refractivity contribution is 0.469. The minimum Gasteiger partial charge on any atom is -0.273 e. The quantitative estimate of drug-likeness (QED) is 0.509. The second kappa shape index (κ2) is 2.57. The van der Waals surface area contributed by atoms with E-state index in [4.69, 9.17) is 4.55 Å². The fourth-order valence-electron chi connectivity index (χ4n) is 0.587. The van der Waals surface area contributed by atoms with Crippen LogP contribution in [0.1, 0.15) is 0 Å². The van der Waals surface area contributed by atoms with Crippen molar-refractivity contribution in [2.24, 2.45) is 0 Å². The molecule has 1 aromatic heterocycles. The fourth-order valence-corrected chi connectivity index (χ4v) is 1.06. The lowest BCUT2D eigenvalue weighted by Crippen LogP contribution is -2.32. The van der Waals surface area contributed by atoms with Gasteiger partial charge in [-0.3, -0.25) is 14.3 Å². The molecule has 0 unspecified atom stereocenters. The van der Waals surface area contributed by atoms with E-state index in [-0.39, 0.29) is 3.97 Å². The van der Waals surface area contributed by atoms with Crippen molar-refractivity contribution in [2.75, 3.05) is 0 Å². The third-order valence-electron chi connectivity index (χ3n) is 1.04. The number of hydrogen-bond acceptors (Lipinski definition) is 4. The van der Waals surface area contributed by atoms with Crippen LogP contribution in [0.2, 0.25) is 0 Å². The molecule has 0 saturated heterocycles. The molecule has 0 spiro atoms. The Kier molecular flexibility index (Phi) is 1.86. The van der Waals surface area contributed by atoms with Crippen molar-refractivity contribution in [1.82, 2.24) is 8.96 Å². The highest BCUT2D eigenvalue weighted by Gasteiger charge is 2.08. The van der Waals surface area contributed by atoms with Crippen LogP contribution in [-0.4, -0.2) is 21.9 Å². The molecule has 2 N–H and O–H groups in total. The van der Waals surface area contributed by atoms with Crippen molar-refractivity contribution in [3.63, 3.8) is 0 Å². The van der Waals surface area contributed by atoms with Crippen molar-refractivity contribution >= 4 is 10.3 Å². The molecule has 0 aliphatic rings. The number of rotatable bonds is 1. The molecule has 12 heavy (non-hydrogen) atoms. The summed E-state index contributed by atoms with van der Waals surface area (Å²) < 4.78 is 29.1. The van der Waals surface area contributed by atoms with Crippen LogP contribution in [-0.2, 0) is 10.3 Å². The van der Waals surface area contributed by atoms with Gasteiger partial charge in [0.15, 0.2) is 0 Å². The summed E-state index contributed by atoms with van der Waals surface area (Å²) in [4.78, 5) is 22.7. The van der Waals surface area contributed by atoms with E-state index in [2.05, 4.69) is 0 Å². The smallest absolute Gasteiger partial charge is 0.273 e. The number of H-pyrrole nitrogens is 1. The molecule has 0 radical (unpaired) electrons. The number of aromatic nitrogens is 2. The summed E-state index contributed by atoms with van der Waals surface area (Å²) in [7, 11) is -4.62. The molecule has 1 aromatic rings. The van der Waals surface area contributed by atoms with Gasteiger partial charge in [0.2, 0.25) is 0 Å². The minimum atomic E-state index is -4.62. The summed E-state index contributed by atoms with van der Waals surface area (Å²) in [5.41, 5.74) is -1.94. The van der Waals surface area contributed by atoms with Gasteiger partial charge in [-0.05, 0) is 0 Å². The van der Waals surface area contributed by atoms with Gasteiger partial charge in [-0.2, -0.15) is 12.4 Å². The van der Waals surface area contributed by atoms with Crippen molar-refractivity contribution < 1.29 is 13.0 Å². The van der Waals surface area contributed by atoms with E-state index in [0.29, 0.717) is 6.20 Å². The molecule has 0 amide bonds. The third kappa shape index (κ3) is 1.60. The van der Waals surface area contributed by atoms with Crippen LogP contribution in [0.5, 0.6) is 0 Å². The summed E-state index contributed by atoms with van der Waals surface area (Å²) in [6.45, 7) is 0. The molecule has 8 heteroatoms. The van der Waals surface area contributed by atoms with Crippen LogP contribution in [0.15, 0.2) is 21.9 Å². The Bertz CT molecular complexity index is 495. The molecular weight excluding hydrogens is 188 g/mol. The van der Waals surface area contributed by atoms with Crippen molar-refractivity contribution in [1.29, 1.82) is 0 Å². The molecule has 0 atom stereocenters. The number of nitrogens with one attached hydrogen (secondary N) is 1. The van der Waals surface area contributed by atoms with E-state index in [1.807, 2.05) is 0 Å². The topological polar surface area (TPSA) is 109 Å². The average molecular weight is 192 g/mol. The summed E-state index contributed by atoms with van der Waals surface area (Å²) in [5.74, 6) is 0. The van der Waals surface area contributed by atoms with E-state index in [1.165, 1.54) is 0 Å². The van der Waals surface area contributed by atoms with Gasteiger partial charge in [-0.15, -0.1) is 0 Å². The van der Waals surface area contributed by atoms with Crippen molar-refractivity contribution in [2.45, 2.75) is 0 Å². The normalized spacial score (nSPS) is 11.4. The first-order chi connectivity index (χ1) is 5.41. The van der Waals surface area contributed by atoms with Gasteiger partial charge in [0.25, 0.3) is 5.56 Å². The molecule has 0 fully saturated rings. The number of hydrogen-bond donors (Lipinski definition) is 2. The van der Waals surface area contributed by atoms with Crippen LogP contribution in [0.3, 0.4) is 0 Å². The second-order valence-electron chi connectivity index (χ2n) is 1.88. The van der Waals surface area contributed by atoms with Gasteiger partial charge in [0.05, 0.1) is 0 Å². The summed E-state index contributed by atoms with van der Waals surface area (Å²) in [6.07, 6.45) is 0.663. The highest BCUT2D eigenvalue weighted by atomic mass is 32.2. The molecule has 7 nitrogen and oxygen atoms in total. The largest absolute Gasteiger partial charge is 0.367 e. The lowest BCUT2D eigenvalue weighted by Gasteiger charge is -1.96. The summed E-state index contributed by atoms with van der Waals surface area (Å²) >= 11 is 0. The third-order valence-corrected chi connectivity index (χ3v) is 1.82. The summed E-state index contributed by atoms with van der Waals surface area (Å²) in [6, 6.07) is 0.801. The first kappa shape index (κ1) is 8.68. The molecular formula is C4H4N2O5S. The fraction of sp³-hybridized carbons (Fsp3) is 0. The van der Waals surface area contributed by atoms with E-state index in [0.717, 1.165) is 6.07 Å². The molecule has 0 aliphatic heterocycles. The lowest BCUT2D eigenvalue weighted by atomic mass is 10.7. The maximum atomic E-state index is 10.7. The van der Waals surface area contributed by atoms with E-state index in [9.17, 15) is 18.0 Å². The maximum Gasteiger partial charge on any atom is 0.367 e. The molecule has 0 bridgehead atoms. The highest BCUT2D eigenvalue weighted by molar-refractivity contribution is 7.84. The Morgan fingerprint density at radius 1 is 1.42 bits per heavy atom. The standard InChI is InChI=1S/C4H4N2O5S/c7-3-1-2-6(4(8)5-3)12(9,10)11/h1-2H,(H,5,7,8)(H,9,10,11). The first-order valence-electron chi connectivity index (χ1n) is 2.71. The summed E-state index contributed by atoms with van der Waals surface area (Å²) in [5, 5.41) is 0. The molecule has 1 rings (SSSR count). The second-order valence-corrected chi connectivity index (χ2v) is 3.17. The van der Waals surface area contributed by atoms with E-state index in [1.54, 1.807) is 4.98 Å². The van der Waals surface area contributed by atoms with Gasteiger partial charge in [-0.1, -0.05) is 0 Å². The average Bonchev–Trinajstić information content (AvgIpc) is 1.83. The number of aromatic amines is 1. The molecule has 1 heterocycles. The van der Waals surface area contributed by atoms with Crippen LogP contribution < -0.4 is 11.2 Å². The monoisotopic (exact) mass is 192 g/mol. The minimum absolute atomic E-state index is 0.00833. The van der Waals surface area contributed by atoms with Gasteiger partial charge < -0.3 is 0 Å². The van der Waals surface area contributed by atoms with E-state index < -0.39 is 21.6 Å². The zero-order valence-corrected chi connectivity index (χ0v) is 6.41. The van der Waals surface area contributed by atoms with E-state index >= 15 is 0 Å². The zero-order valence-electron chi connectivity index (χ0n) is 5.59. The van der Waals surface area contributed by atoms with Crippen LogP contribution >= 0.6 is 0 Å². The van der Waals surface area contributed by atoms with Crippen LogP contribution in [0.4, 0.5) is 0 Å². The predicted octanol–water partition coefficient (Wildman–Crippen LogP) is -1.81. The van der Waals surface area contributed by atoms with Crippen molar-refractivity contribution in [3.8, 4) is 0 Å². The Morgan fingerprint density at radius 3 is 2.42 bits per heavy atom.